The molecule has 0 aliphatic carbocycles. The van der Waals surface area contributed by atoms with Crippen molar-refractivity contribution in [3.05, 3.63) is 0 Å². The van der Waals surface area contributed by atoms with E-state index in [1.807, 2.05) is 0 Å². The van der Waals surface area contributed by atoms with Crippen molar-refractivity contribution in [2.24, 2.45) is 0 Å². The maximum atomic E-state index is 6.88. The van der Waals surface area contributed by atoms with Gasteiger partial charge < -0.3 is 8.85 Å². The zero-order chi connectivity index (χ0) is 22.0. The quantitative estimate of drug-likeness (QED) is 0.0996. The highest BCUT2D eigenvalue weighted by Crippen LogP contribution is 2.30. The van der Waals surface area contributed by atoms with Gasteiger partial charge in [-0.15, -0.1) is 0 Å². The van der Waals surface area contributed by atoms with E-state index in [9.17, 15) is 0 Å². The molecule has 0 aromatic rings. The third kappa shape index (κ3) is 12.1. The lowest BCUT2D eigenvalue weighted by atomic mass is 10.1. The van der Waals surface area contributed by atoms with Crippen molar-refractivity contribution in [1.29, 1.82) is 0 Å². The van der Waals surface area contributed by atoms with E-state index < -0.39 is 16.6 Å². The number of hydrogen-bond acceptors (Lipinski definition) is 2. The lowest BCUT2D eigenvalue weighted by Crippen LogP contribution is -2.46. The van der Waals surface area contributed by atoms with Crippen molar-refractivity contribution in [2.75, 3.05) is 0 Å². The van der Waals surface area contributed by atoms with Crippen molar-refractivity contribution in [2.45, 2.75) is 162 Å². The van der Waals surface area contributed by atoms with Gasteiger partial charge in [-0.2, -0.15) is 0 Å². The van der Waals surface area contributed by atoms with Gasteiger partial charge in [0, 0.05) is 0 Å². The van der Waals surface area contributed by atoms with Gasteiger partial charge in [0.1, 0.15) is 6.29 Å². The van der Waals surface area contributed by atoms with Gasteiger partial charge >= 0.3 is 0 Å². The lowest BCUT2D eigenvalue weighted by molar-refractivity contribution is -0.0210. The second-order valence-electron chi connectivity index (χ2n) is 9.12. The Morgan fingerprint density at radius 3 is 1.07 bits per heavy atom. The third-order valence-corrected chi connectivity index (χ3v) is 16.7. The van der Waals surface area contributed by atoms with Gasteiger partial charge in [0.2, 0.25) is 0 Å². The molecule has 0 heterocycles. The minimum Gasteiger partial charge on any atom is -0.393 e. The van der Waals surface area contributed by atoms with Crippen LogP contribution in [0.4, 0.5) is 0 Å². The normalized spacial score (nSPS) is 12.8. The van der Waals surface area contributed by atoms with Gasteiger partial charge in [-0.25, -0.2) is 0 Å². The van der Waals surface area contributed by atoms with Gasteiger partial charge in [0.25, 0.3) is 0 Å². The molecule has 0 bridgehead atoms. The number of unbranched alkanes of at least 4 members (excludes halogenated alkanes) is 9. The summed E-state index contributed by atoms with van der Waals surface area (Å²) in [7, 11) is -3.24. The molecule has 0 saturated heterocycles. The monoisotopic (exact) mass is 444 g/mol. The maximum Gasteiger partial charge on any atom is 0.195 e. The summed E-state index contributed by atoms with van der Waals surface area (Å²) in [5.41, 5.74) is 0. The van der Waals surface area contributed by atoms with Crippen LogP contribution in [-0.2, 0) is 8.85 Å². The molecule has 0 atom stereocenters. The van der Waals surface area contributed by atoms with Gasteiger partial charge in [-0.3, -0.25) is 0 Å². The predicted octanol–water partition coefficient (Wildman–Crippen LogP) is 9.67. The minimum absolute atomic E-state index is 0.0714. The molecule has 0 unspecified atom stereocenters. The van der Waals surface area contributed by atoms with Crippen LogP contribution in [0.3, 0.4) is 0 Å². The second kappa shape index (κ2) is 18.0. The van der Waals surface area contributed by atoms with E-state index in [1.165, 1.54) is 100 Å². The molecule has 4 heteroatoms. The highest BCUT2D eigenvalue weighted by molar-refractivity contribution is 6.74. The van der Waals surface area contributed by atoms with E-state index in [4.69, 9.17) is 8.85 Å². The van der Waals surface area contributed by atoms with Gasteiger partial charge in [-0.1, -0.05) is 106 Å². The number of rotatable bonds is 21. The zero-order valence-corrected chi connectivity index (χ0v) is 23.4. The molecule has 0 amide bonds. The Labute approximate surface area is 187 Å². The second-order valence-corrected chi connectivity index (χ2v) is 18.6. The Bertz CT molecular complexity index is 316. The SMILES string of the molecule is CCCCCCCCCCCCC(O[Si](CC)(CC)CC)O[Si](CC)(CC)CC. The van der Waals surface area contributed by atoms with Crippen LogP contribution < -0.4 is 0 Å². The van der Waals surface area contributed by atoms with E-state index in [2.05, 4.69) is 48.5 Å². The van der Waals surface area contributed by atoms with Crippen LogP contribution in [0.15, 0.2) is 0 Å². The molecule has 0 aromatic carbocycles. The van der Waals surface area contributed by atoms with Crippen LogP contribution >= 0.6 is 0 Å². The molecule has 0 radical (unpaired) electrons. The molecule has 0 saturated carbocycles. The van der Waals surface area contributed by atoms with Crippen LogP contribution in [0.5, 0.6) is 0 Å². The van der Waals surface area contributed by atoms with Crippen LogP contribution in [0.2, 0.25) is 36.3 Å². The van der Waals surface area contributed by atoms with Crippen molar-refractivity contribution >= 4 is 16.6 Å². The van der Waals surface area contributed by atoms with Crippen molar-refractivity contribution in [1.82, 2.24) is 0 Å². The Morgan fingerprint density at radius 2 is 0.759 bits per heavy atom. The molecule has 0 spiro atoms. The first-order valence-electron chi connectivity index (χ1n) is 13.4. The fourth-order valence-corrected chi connectivity index (χ4v) is 10.0. The lowest BCUT2D eigenvalue weighted by Gasteiger charge is -2.39. The first kappa shape index (κ1) is 29.4. The molecule has 0 fully saturated rings. The Balaban J connectivity index is 4.53. The summed E-state index contributed by atoms with van der Waals surface area (Å²) in [6.45, 7) is 16.3. The highest BCUT2D eigenvalue weighted by Gasteiger charge is 2.37. The van der Waals surface area contributed by atoms with Gasteiger partial charge in [0.05, 0.1) is 0 Å². The average Bonchev–Trinajstić information content (AvgIpc) is 2.77. The first-order chi connectivity index (χ1) is 14.0. The smallest absolute Gasteiger partial charge is 0.195 e. The Kier molecular flexibility index (Phi) is 18.2. The van der Waals surface area contributed by atoms with Gasteiger partial charge in [-0.05, 0) is 49.1 Å². The van der Waals surface area contributed by atoms with Crippen LogP contribution in [-0.4, -0.2) is 22.9 Å². The van der Waals surface area contributed by atoms with Crippen LogP contribution in [0.25, 0.3) is 0 Å². The first-order valence-corrected chi connectivity index (χ1v) is 18.4. The molecule has 176 valence electrons. The molecular weight excluding hydrogens is 388 g/mol. The van der Waals surface area contributed by atoms with Crippen molar-refractivity contribution in [3.63, 3.8) is 0 Å². The van der Waals surface area contributed by atoms with Crippen LogP contribution in [0.1, 0.15) is 119 Å². The molecule has 29 heavy (non-hydrogen) atoms. The van der Waals surface area contributed by atoms with E-state index in [0.29, 0.717) is 0 Å². The fourth-order valence-electron chi connectivity index (χ4n) is 4.50. The average molecular weight is 445 g/mol. The van der Waals surface area contributed by atoms with Crippen molar-refractivity contribution in [3.8, 4) is 0 Å². The van der Waals surface area contributed by atoms with E-state index in [-0.39, 0.29) is 6.29 Å². The topological polar surface area (TPSA) is 18.5 Å². The summed E-state index contributed by atoms with van der Waals surface area (Å²) in [6, 6.07) is 7.31. The van der Waals surface area contributed by atoms with Gasteiger partial charge in [0.15, 0.2) is 16.6 Å². The largest absolute Gasteiger partial charge is 0.393 e. The van der Waals surface area contributed by atoms with Crippen molar-refractivity contribution < 1.29 is 8.85 Å². The molecule has 0 aromatic heterocycles. The maximum absolute atomic E-state index is 6.88. The third-order valence-electron chi connectivity index (χ3n) is 7.42. The summed E-state index contributed by atoms with van der Waals surface area (Å²) in [5.74, 6) is 0. The summed E-state index contributed by atoms with van der Waals surface area (Å²) in [4.78, 5) is 0. The molecule has 0 N–H and O–H groups in total. The summed E-state index contributed by atoms with van der Waals surface area (Å²) in [5, 5.41) is 0. The Hall–Kier alpha value is 0.354. The van der Waals surface area contributed by atoms with E-state index in [0.717, 1.165) is 6.42 Å². The zero-order valence-electron chi connectivity index (χ0n) is 21.4. The molecule has 2 nitrogen and oxygen atoms in total. The summed E-state index contributed by atoms with van der Waals surface area (Å²) < 4.78 is 13.8. The fraction of sp³-hybridized carbons (Fsp3) is 1.00. The summed E-state index contributed by atoms with van der Waals surface area (Å²) in [6.07, 6.45) is 15.1. The van der Waals surface area contributed by atoms with Crippen LogP contribution in [0, 0.1) is 0 Å². The minimum atomic E-state index is -1.62. The van der Waals surface area contributed by atoms with E-state index in [1.54, 1.807) is 0 Å². The molecule has 0 aliphatic heterocycles. The summed E-state index contributed by atoms with van der Waals surface area (Å²) >= 11 is 0. The molecular formula is C25H56O2Si2. The standard InChI is InChI=1S/C25H56O2Si2/c1-8-15-16-17-18-19-20-21-22-23-24-25(26-28(9-2,10-3)11-4)27-29(12-5,13-6)14-7/h25H,8-24H2,1-7H3. The molecule has 0 rings (SSSR count). The predicted molar refractivity (Wildman–Crippen MR) is 137 cm³/mol. The molecule has 0 aliphatic rings. The number of hydrogen-bond donors (Lipinski definition) is 0. The van der Waals surface area contributed by atoms with E-state index >= 15 is 0 Å². The highest BCUT2D eigenvalue weighted by atomic mass is 28.4. The Morgan fingerprint density at radius 1 is 0.448 bits per heavy atom.